The van der Waals surface area contributed by atoms with Crippen LogP contribution >= 0.6 is 0 Å². The third-order valence-corrected chi connectivity index (χ3v) is 5.15. The largest absolute Gasteiger partial charge is 0.287 e. The van der Waals surface area contributed by atoms with Gasteiger partial charge in [-0.1, -0.05) is 30.3 Å². The molecule has 1 saturated heterocycles. The molecule has 0 saturated carbocycles. The van der Waals surface area contributed by atoms with E-state index in [1.165, 1.54) is 5.56 Å². The number of nitro groups is 1. The third kappa shape index (κ3) is 5.64. The zero-order valence-electron chi connectivity index (χ0n) is 16.5. The summed E-state index contributed by atoms with van der Waals surface area (Å²) in [4.78, 5) is 17.1. The Hall–Kier alpha value is -1.72. The van der Waals surface area contributed by atoms with Gasteiger partial charge in [0, 0.05) is 11.1 Å². The van der Waals surface area contributed by atoms with Crippen LogP contribution in [0.15, 0.2) is 42.1 Å². The van der Waals surface area contributed by atoms with Crippen molar-refractivity contribution < 1.29 is 9.76 Å². The summed E-state index contributed by atoms with van der Waals surface area (Å²) >= 11 is 0. The molecule has 0 spiro atoms. The van der Waals surface area contributed by atoms with Crippen LogP contribution in [0.3, 0.4) is 0 Å². The molecule has 5 heteroatoms. The highest BCUT2D eigenvalue weighted by atomic mass is 16.7. The molecule has 0 atom stereocenters. The van der Waals surface area contributed by atoms with E-state index in [9.17, 15) is 10.1 Å². The third-order valence-electron chi connectivity index (χ3n) is 5.15. The molecule has 0 aromatic heterocycles. The van der Waals surface area contributed by atoms with E-state index < -0.39 is 0 Å². The Kier molecular flexibility index (Phi) is 6.95. The van der Waals surface area contributed by atoms with Gasteiger partial charge in [0.2, 0.25) is 0 Å². The first kappa shape index (κ1) is 20.6. The van der Waals surface area contributed by atoms with Crippen molar-refractivity contribution in [2.24, 2.45) is 0 Å². The number of hydrogen-bond donors (Lipinski definition) is 0. The molecule has 0 amide bonds. The summed E-state index contributed by atoms with van der Waals surface area (Å²) in [5.74, 6) is 0. The van der Waals surface area contributed by atoms with Gasteiger partial charge in [0.1, 0.15) is 0 Å². The topological polar surface area (TPSA) is 55.6 Å². The summed E-state index contributed by atoms with van der Waals surface area (Å²) in [6.07, 6.45) is 7.43. The molecular weight excluding hydrogens is 328 g/mol. The van der Waals surface area contributed by atoms with E-state index >= 15 is 0 Å². The van der Waals surface area contributed by atoms with Crippen LogP contribution in [0.25, 0.3) is 0 Å². The second-order valence-corrected chi connectivity index (χ2v) is 8.38. The normalized spacial score (nSPS) is 20.1. The van der Waals surface area contributed by atoms with Gasteiger partial charge < -0.3 is 0 Å². The average Bonchev–Trinajstić information content (AvgIpc) is 2.56. The lowest BCUT2D eigenvalue weighted by molar-refractivity contribution is -0.438. The molecule has 1 aromatic carbocycles. The van der Waals surface area contributed by atoms with Crippen LogP contribution in [0.4, 0.5) is 0 Å². The Balaban J connectivity index is 1.91. The van der Waals surface area contributed by atoms with Crippen molar-refractivity contribution in [3.05, 3.63) is 57.8 Å². The fraction of sp³-hybridized carbons (Fsp3) is 0.619. The average molecular weight is 360 g/mol. The summed E-state index contributed by atoms with van der Waals surface area (Å²) in [7, 11) is 0. The van der Waals surface area contributed by atoms with E-state index in [0.29, 0.717) is 6.42 Å². The predicted molar refractivity (Wildman–Crippen MR) is 104 cm³/mol. The second-order valence-electron chi connectivity index (χ2n) is 8.38. The maximum atomic E-state index is 11.4. The fourth-order valence-electron chi connectivity index (χ4n) is 3.86. The summed E-state index contributed by atoms with van der Waals surface area (Å²) in [5.41, 5.74) is 1.18. The van der Waals surface area contributed by atoms with Crippen molar-refractivity contribution in [1.82, 2.24) is 5.06 Å². The van der Waals surface area contributed by atoms with Gasteiger partial charge in [-0.3, -0.25) is 15.0 Å². The van der Waals surface area contributed by atoms with Crippen molar-refractivity contribution in [3.63, 3.8) is 0 Å². The van der Waals surface area contributed by atoms with Gasteiger partial charge in [-0.2, -0.15) is 5.06 Å². The van der Waals surface area contributed by atoms with E-state index in [1.54, 1.807) is 6.08 Å². The molecule has 0 radical (unpaired) electrons. The fourth-order valence-corrected chi connectivity index (χ4v) is 3.86. The van der Waals surface area contributed by atoms with Gasteiger partial charge >= 0.3 is 0 Å². The Morgan fingerprint density at radius 3 is 2.38 bits per heavy atom. The highest BCUT2D eigenvalue weighted by molar-refractivity contribution is 5.14. The van der Waals surface area contributed by atoms with Crippen LogP contribution in [0, 0.1) is 10.1 Å². The minimum atomic E-state index is -0.313. The van der Waals surface area contributed by atoms with Crippen LogP contribution in [-0.2, 0) is 11.3 Å². The molecule has 0 N–H and O–H groups in total. The molecule has 1 heterocycles. The lowest BCUT2D eigenvalue weighted by atomic mass is 9.82. The van der Waals surface area contributed by atoms with Gasteiger partial charge in [0.15, 0.2) is 6.61 Å². The van der Waals surface area contributed by atoms with Crippen LogP contribution in [-0.4, -0.2) is 27.7 Å². The smallest absolute Gasteiger partial charge is 0.269 e. The van der Waals surface area contributed by atoms with Crippen LogP contribution in [0.2, 0.25) is 0 Å². The van der Waals surface area contributed by atoms with Gasteiger partial charge in [0.25, 0.3) is 5.70 Å². The summed E-state index contributed by atoms with van der Waals surface area (Å²) in [6, 6.07) is 10.2. The number of hydrogen-bond acceptors (Lipinski definition) is 4. The van der Waals surface area contributed by atoms with Crippen molar-refractivity contribution in [2.45, 2.75) is 77.3 Å². The number of benzene rings is 1. The van der Waals surface area contributed by atoms with Crippen molar-refractivity contribution in [1.29, 1.82) is 0 Å². The molecule has 144 valence electrons. The molecule has 5 nitrogen and oxygen atoms in total. The second kappa shape index (κ2) is 8.78. The maximum Gasteiger partial charge on any atom is 0.269 e. The Morgan fingerprint density at radius 2 is 1.81 bits per heavy atom. The standard InChI is InChI=1S/C21H32N2O3/c1-20(2)15-10-16-21(3,4)23(20)26-17-19(22(24)25)14-9-8-13-18-11-6-5-7-12-18/h5-7,11-12,14H,8-10,13,15-17H2,1-4H3/b19-14+. The molecule has 1 aliphatic rings. The van der Waals surface area contributed by atoms with Crippen molar-refractivity contribution in [2.75, 3.05) is 6.61 Å². The number of nitrogens with zero attached hydrogens (tertiary/aromatic N) is 2. The van der Waals surface area contributed by atoms with E-state index in [0.717, 1.165) is 32.1 Å². The van der Waals surface area contributed by atoms with E-state index in [2.05, 4.69) is 39.8 Å². The monoisotopic (exact) mass is 360 g/mol. The first-order valence-electron chi connectivity index (χ1n) is 9.53. The number of allylic oxidation sites excluding steroid dienone is 1. The number of piperidine rings is 1. The molecule has 0 unspecified atom stereocenters. The van der Waals surface area contributed by atoms with Crippen molar-refractivity contribution >= 4 is 0 Å². The molecular formula is C21H32N2O3. The first-order valence-corrected chi connectivity index (χ1v) is 9.53. The predicted octanol–water partition coefficient (Wildman–Crippen LogP) is 5.14. The van der Waals surface area contributed by atoms with Crippen LogP contribution in [0.5, 0.6) is 0 Å². The van der Waals surface area contributed by atoms with Gasteiger partial charge in [0.05, 0.1) is 4.92 Å². The number of unbranched alkanes of at least 4 members (excludes halogenated alkanes) is 1. The molecule has 0 aliphatic carbocycles. The molecule has 2 rings (SSSR count). The lowest BCUT2D eigenvalue weighted by Crippen LogP contribution is -2.58. The highest BCUT2D eigenvalue weighted by Crippen LogP contribution is 2.38. The zero-order valence-corrected chi connectivity index (χ0v) is 16.5. The Morgan fingerprint density at radius 1 is 1.19 bits per heavy atom. The van der Waals surface area contributed by atoms with Gasteiger partial charge in [-0.15, -0.1) is 0 Å². The van der Waals surface area contributed by atoms with E-state index in [-0.39, 0.29) is 28.3 Å². The number of hydroxylamine groups is 2. The minimum absolute atomic E-state index is 0.0190. The number of rotatable bonds is 8. The van der Waals surface area contributed by atoms with Crippen LogP contribution < -0.4 is 0 Å². The Labute approximate surface area is 157 Å². The summed E-state index contributed by atoms with van der Waals surface area (Å²) in [5, 5.41) is 13.4. The summed E-state index contributed by atoms with van der Waals surface area (Å²) < 4.78 is 0. The van der Waals surface area contributed by atoms with Crippen molar-refractivity contribution in [3.8, 4) is 0 Å². The minimum Gasteiger partial charge on any atom is -0.287 e. The molecule has 1 aliphatic heterocycles. The van der Waals surface area contributed by atoms with Crippen LogP contribution in [0.1, 0.15) is 65.4 Å². The Bertz CT molecular complexity index is 607. The molecule has 1 fully saturated rings. The molecule has 0 bridgehead atoms. The highest BCUT2D eigenvalue weighted by Gasteiger charge is 2.42. The van der Waals surface area contributed by atoms with Gasteiger partial charge in [-0.05, 0) is 77.9 Å². The molecule has 26 heavy (non-hydrogen) atoms. The van der Waals surface area contributed by atoms with E-state index in [4.69, 9.17) is 4.84 Å². The SMILES string of the molecule is CC1(C)CCCC(C)(C)N1OC/C(=C\CCCc1ccccc1)[N+](=O)[O-]. The van der Waals surface area contributed by atoms with E-state index in [1.807, 2.05) is 23.3 Å². The maximum absolute atomic E-state index is 11.4. The number of aryl methyl sites for hydroxylation is 1. The quantitative estimate of drug-likeness (QED) is 0.366. The zero-order chi connectivity index (χ0) is 19.2. The van der Waals surface area contributed by atoms with Gasteiger partial charge in [-0.25, -0.2) is 0 Å². The molecule has 1 aromatic rings. The first-order chi connectivity index (χ1) is 12.2. The summed E-state index contributed by atoms with van der Waals surface area (Å²) in [6.45, 7) is 8.59. The lowest BCUT2D eigenvalue weighted by Gasteiger charge is -2.51.